The highest BCUT2D eigenvalue weighted by Crippen LogP contribution is 2.41. The summed E-state index contributed by atoms with van der Waals surface area (Å²) in [5.74, 6) is 0.440. The van der Waals surface area contributed by atoms with E-state index < -0.39 is 0 Å². The fourth-order valence-corrected chi connectivity index (χ4v) is 2.56. The van der Waals surface area contributed by atoms with Crippen molar-refractivity contribution < 1.29 is 4.79 Å². The summed E-state index contributed by atoms with van der Waals surface area (Å²) in [4.78, 5) is 12.4. The van der Waals surface area contributed by atoms with Gasteiger partial charge in [-0.3, -0.25) is 9.48 Å². The van der Waals surface area contributed by atoms with Crippen molar-refractivity contribution in [3.05, 3.63) is 17.5 Å². The van der Waals surface area contributed by atoms with Crippen molar-refractivity contribution in [1.82, 2.24) is 15.1 Å². The fourth-order valence-electron chi connectivity index (χ4n) is 2.56. The van der Waals surface area contributed by atoms with E-state index in [2.05, 4.69) is 45.0 Å². The molecule has 1 aromatic rings. The second-order valence-corrected chi connectivity index (χ2v) is 7.56. The Morgan fingerprint density at radius 1 is 1.36 bits per heavy atom. The molecule has 1 aliphatic carbocycles. The van der Waals surface area contributed by atoms with Crippen molar-refractivity contribution in [2.75, 3.05) is 6.54 Å². The molecule has 0 aromatic carbocycles. The van der Waals surface area contributed by atoms with Crippen molar-refractivity contribution in [3.8, 4) is 0 Å². The first-order valence-electron chi connectivity index (χ1n) is 8.37. The number of carbonyl (C=O) groups is 1. The van der Waals surface area contributed by atoms with Gasteiger partial charge in [0.15, 0.2) is 0 Å². The lowest BCUT2D eigenvalue weighted by Crippen LogP contribution is -2.49. The predicted molar refractivity (Wildman–Crippen MR) is 89.0 cm³/mol. The van der Waals surface area contributed by atoms with E-state index in [-0.39, 0.29) is 17.0 Å². The average Bonchev–Trinajstić information content (AvgIpc) is 3.21. The zero-order valence-corrected chi connectivity index (χ0v) is 14.6. The molecule has 0 unspecified atom stereocenters. The van der Waals surface area contributed by atoms with Crippen LogP contribution in [0.5, 0.6) is 0 Å². The SMILES string of the molecule is CCC(N)(CC)CNC(=O)c1cc(C2CC2)n(C(C)(C)C)n1. The van der Waals surface area contributed by atoms with Crippen LogP contribution in [-0.4, -0.2) is 27.8 Å². The largest absolute Gasteiger partial charge is 0.349 e. The van der Waals surface area contributed by atoms with E-state index in [1.807, 2.05) is 10.7 Å². The zero-order chi connectivity index (χ0) is 16.5. The van der Waals surface area contributed by atoms with Crippen LogP contribution in [0, 0.1) is 0 Å². The molecule has 5 nitrogen and oxygen atoms in total. The van der Waals surface area contributed by atoms with Crippen molar-refractivity contribution in [2.24, 2.45) is 5.73 Å². The van der Waals surface area contributed by atoms with Gasteiger partial charge in [-0.1, -0.05) is 13.8 Å². The lowest BCUT2D eigenvalue weighted by Gasteiger charge is -2.26. The predicted octanol–water partition coefficient (Wildman–Crippen LogP) is 2.76. The van der Waals surface area contributed by atoms with E-state index in [1.165, 1.54) is 18.5 Å². The first-order chi connectivity index (χ1) is 10.2. The van der Waals surface area contributed by atoms with Crippen LogP contribution in [0.3, 0.4) is 0 Å². The summed E-state index contributed by atoms with van der Waals surface area (Å²) in [5.41, 5.74) is 7.49. The van der Waals surface area contributed by atoms with Crippen LogP contribution >= 0.6 is 0 Å². The third-order valence-electron chi connectivity index (χ3n) is 4.61. The summed E-state index contributed by atoms with van der Waals surface area (Å²) in [6.07, 6.45) is 4.07. The lowest BCUT2D eigenvalue weighted by atomic mass is 9.94. The summed E-state index contributed by atoms with van der Waals surface area (Å²) in [6.45, 7) is 10.9. The maximum Gasteiger partial charge on any atom is 0.271 e. The zero-order valence-electron chi connectivity index (χ0n) is 14.6. The van der Waals surface area contributed by atoms with Gasteiger partial charge in [0.25, 0.3) is 5.91 Å². The van der Waals surface area contributed by atoms with Crippen molar-refractivity contribution in [3.63, 3.8) is 0 Å². The quantitative estimate of drug-likeness (QED) is 0.848. The molecule has 1 amide bonds. The Labute approximate surface area is 133 Å². The van der Waals surface area contributed by atoms with E-state index in [9.17, 15) is 4.79 Å². The van der Waals surface area contributed by atoms with Crippen molar-refractivity contribution in [2.45, 2.75) is 77.3 Å². The monoisotopic (exact) mass is 306 g/mol. The topological polar surface area (TPSA) is 72.9 Å². The maximum absolute atomic E-state index is 12.4. The summed E-state index contributed by atoms with van der Waals surface area (Å²) in [7, 11) is 0. The van der Waals surface area contributed by atoms with Gasteiger partial charge in [0.1, 0.15) is 5.69 Å². The first-order valence-corrected chi connectivity index (χ1v) is 8.37. The van der Waals surface area contributed by atoms with Gasteiger partial charge in [-0.2, -0.15) is 5.10 Å². The van der Waals surface area contributed by atoms with Crippen LogP contribution in [0.25, 0.3) is 0 Å². The number of aromatic nitrogens is 2. The first kappa shape index (κ1) is 17.0. The van der Waals surface area contributed by atoms with Gasteiger partial charge in [-0.15, -0.1) is 0 Å². The fraction of sp³-hybridized carbons (Fsp3) is 0.765. The molecule has 5 heteroatoms. The molecule has 0 spiro atoms. The minimum Gasteiger partial charge on any atom is -0.349 e. The highest BCUT2D eigenvalue weighted by Gasteiger charge is 2.32. The number of nitrogens with one attached hydrogen (secondary N) is 1. The molecule has 1 saturated carbocycles. The maximum atomic E-state index is 12.4. The molecule has 0 aliphatic heterocycles. The van der Waals surface area contributed by atoms with E-state index in [0.29, 0.717) is 18.2 Å². The van der Waals surface area contributed by atoms with Gasteiger partial charge in [0.2, 0.25) is 0 Å². The molecule has 0 bridgehead atoms. The second kappa shape index (κ2) is 6.03. The third kappa shape index (κ3) is 3.69. The number of rotatable bonds is 6. The number of carbonyl (C=O) groups excluding carboxylic acids is 1. The van der Waals surface area contributed by atoms with Crippen LogP contribution in [0.2, 0.25) is 0 Å². The molecule has 1 heterocycles. The van der Waals surface area contributed by atoms with Gasteiger partial charge in [0.05, 0.1) is 5.54 Å². The Morgan fingerprint density at radius 2 is 1.95 bits per heavy atom. The van der Waals surface area contributed by atoms with Crippen molar-refractivity contribution in [1.29, 1.82) is 0 Å². The molecular weight excluding hydrogens is 276 g/mol. The number of amides is 1. The standard InChI is InChI=1S/C17H30N4O/c1-6-17(18,7-2)11-19-15(22)13-10-14(12-8-9-12)21(20-13)16(3,4)5/h10,12H,6-9,11,18H2,1-5H3,(H,19,22). The summed E-state index contributed by atoms with van der Waals surface area (Å²) in [5, 5.41) is 7.51. The van der Waals surface area contributed by atoms with E-state index >= 15 is 0 Å². The number of nitrogens with two attached hydrogens (primary N) is 1. The smallest absolute Gasteiger partial charge is 0.271 e. The molecule has 1 aromatic heterocycles. The molecule has 1 aliphatic rings. The summed E-state index contributed by atoms with van der Waals surface area (Å²) in [6, 6.07) is 1.95. The van der Waals surface area contributed by atoms with Gasteiger partial charge in [-0.05, 0) is 52.5 Å². The van der Waals surface area contributed by atoms with Crippen LogP contribution in [0.4, 0.5) is 0 Å². The van der Waals surface area contributed by atoms with E-state index in [1.54, 1.807) is 0 Å². The van der Waals surface area contributed by atoms with Crippen LogP contribution in [0.15, 0.2) is 6.07 Å². The molecule has 1 fully saturated rings. The van der Waals surface area contributed by atoms with Crippen LogP contribution < -0.4 is 11.1 Å². The van der Waals surface area contributed by atoms with E-state index in [0.717, 1.165) is 12.8 Å². The van der Waals surface area contributed by atoms with Gasteiger partial charge < -0.3 is 11.1 Å². The third-order valence-corrected chi connectivity index (χ3v) is 4.61. The minimum absolute atomic E-state index is 0.110. The second-order valence-electron chi connectivity index (χ2n) is 7.56. The Balaban J connectivity index is 2.14. The van der Waals surface area contributed by atoms with Gasteiger partial charge in [-0.25, -0.2) is 0 Å². The number of nitrogens with zero attached hydrogens (tertiary/aromatic N) is 2. The summed E-state index contributed by atoms with van der Waals surface area (Å²) < 4.78 is 2.01. The molecule has 22 heavy (non-hydrogen) atoms. The Hall–Kier alpha value is -1.36. The Bertz CT molecular complexity index is 533. The molecule has 0 radical (unpaired) electrons. The van der Waals surface area contributed by atoms with Crippen LogP contribution in [0.1, 0.15) is 82.4 Å². The van der Waals surface area contributed by atoms with Gasteiger partial charge >= 0.3 is 0 Å². The Kier molecular flexibility index (Phi) is 4.66. The number of hydrogen-bond donors (Lipinski definition) is 2. The number of hydrogen-bond acceptors (Lipinski definition) is 3. The molecule has 124 valence electrons. The summed E-state index contributed by atoms with van der Waals surface area (Å²) >= 11 is 0. The molecular formula is C17H30N4O. The lowest BCUT2D eigenvalue weighted by molar-refractivity contribution is 0.0935. The molecule has 0 atom stereocenters. The highest BCUT2D eigenvalue weighted by atomic mass is 16.1. The molecule has 2 rings (SSSR count). The van der Waals surface area contributed by atoms with Crippen LogP contribution in [-0.2, 0) is 5.54 Å². The van der Waals surface area contributed by atoms with Crippen molar-refractivity contribution >= 4 is 5.91 Å². The minimum atomic E-state index is -0.332. The molecule has 0 saturated heterocycles. The average molecular weight is 306 g/mol. The normalized spacial score (nSPS) is 15.9. The van der Waals surface area contributed by atoms with E-state index in [4.69, 9.17) is 5.73 Å². The highest BCUT2D eigenvalue weighted by molar-refractivity contribution is 5.92. The van der Waals surface area contributed by atoms with Gasteiger partial charge in [0, 0.05) is 23.7 Å². The Morgan fingerprint density at radius 3 is 2.41 bits per heavy atom. The molecule has 3 N–H and O–H groups in total.